The van der Waals surface area contributed by atoms with E-state index in [4.69, 9.17) is 9.73 Å². The van der Waals surface area contributed by atoms with Crippen LogP contribution in [0.2, 0.25) is 0 Å². The zero-order valence-corrected chi connectivity index (χ0v) is 18.6. The minimum atomic E-state index is 0. The number of aromatic nitrogens is 1. The first-order chi connectivity index (χ1) is 13.3. The third-order valence-electron chi connectivity index (χ3n) is 5.05. The van der Waals surface area contributed by atoms with E-state index < -0.39 is 0 Å². The molecule has 1 saturated heterocycles. The van der Waals surface area contributed by atoms with Gasteiger partial charge in [0.05, 0.1) is 6.54 Å². The fourth-order valence-electron chi connectivity index (χ4n) is 3.66. The van der Waals surface area contributed by atoms with Crippen LogP contribution in [0.25, 0.3) is 0 Å². The molecule has 1 aromatic carbocycles. The molecule has 0 saturated carbocycles. The summed E-state index contributed by atoms with van der Waals surface area (Å²) in [6.07, 6.45) is 2.92. The highest BCUT2D eigenvalue weighted by molar-refractivity contribution is 14.0. The van der Waals surface area contributed by atoms with Gasteiger partial charge < -0.3 is 19.9 Å². The van der Waals surface area contributed by atoms with E-state index in [-0.39, 0.29) is 30.1 Å². The number of ether oxygens (including phenoxy) is 1. The SMILES string of the molecule is CCNC(=NCC1Cc2ccccc2O1)N1CCN(c2ccccn2)CC1.I. The number of guanidine groups is 1. The number of rotatable bonds is 4. The molecular formula is C21H28IN5O. The number of benzene rings is 1. The Balaban J connectivity index is 0.00000225. The molecule has 0 amide bonds. The summed E-state index contributed by atoms with van der Waals surface area (Å²) in [5.41, 5.74) is 1.28. The van der Waals surface area contributed by atoms with Crippen molar-refractivity contribution in [2.75, 3.05) is 44.2 Å². The first-order valence-corrected chi connectivity index (χ1v) is 9.77. The van der Waals surface area contributed by atoms with Crippen LogP contribution in [0.15, 0.2) is 53.7 Å². The lowest BCUT2D eigenvalue weighted by atomic mass is 10.1. The van der Waals surface area contributed by atoms with Gasteiger partial charge in [-0.05, 0) is 30.7 Å². The maximum Gasteiger partial charge on any atom is 0.194 e. The van der Waals surface area contributed by atoms with Crippen molar-refractivity contribution in [2.24, 2.45) is 4.99 Å². The summed E-state index contributed by atoms with van der Waals surface area (Å²) in [6, 6.07) is 14.3. The summed E-state index contributed by atoms with van der Waals surface area (Å²) < 4.78 is 6.03. The molecule has 1 unspecified atom stereocenters. The summed E-state index contributed by atoms with van der Waals surface area (Å²) in [4.78, 5) is 14.0. The Morgan fingerprint density at radius 2 is 1.93 bits per heavy atom. The van der Waals surface area contributed by atoms with E-state index in [9.17, 15) is 0 Å². The number of hydrogen-bond donors (Lipinski definition) is 1. The topological polar surface area (TPSA) is 53.0 Å². The molecular weight excluding hydrogens is 465 g/mol. The normalized spacial score (nSPS) is 18.9. The lowest BCUT2D eigenvalue weighted by molar-refractivity contribution is 0.240. The van der Waals surface area contributed by atoms with Crippen LogP contribution in [-0.2, 0) is 6.42 Å². The maximum absolute atomic E-state index is 6.03. The van der Waals surface area contributed by atoms with Gasteiger partial charge in [0.15, 0.2) is 5.96 Å². The number of para-hydroxylation sites is 1. The number of aliphatic imine (C=N–C) groups is 1. The van der Waals surface area contributed by atoms with Crippen molar-refractivity contribution in [1.29, 1.82) is 0 Å². The molecule has 1 atom stereocenters. The molecule has 2 aliphatic heterocycles. The Kier molecular flexibility index (Phi) is 7.36. The van der Waals surface area contributed by atoms with E-state index in [0.717, 1.165) is 56.7 Å². The molecule has 2 aliphatic rings. The van der Waals surface area contributed by atoms with Crippen LogP contribution in [0.4, 0.5) is 5.82 Å². The van der Waals surface area contributed by atoms with Crippen molar-refractivity contribution in [3.05, 3.63) is 54.2 Å². The van der Waals surface area contributed by atoms with Gasteiger partial charge in [-0.15, -0.1) is 24.0 Å². The number of anilines is 1. The van der Waals surface area contributed by atoms with Gasteiger partial charge in [0.25, 0.3) is 0 Å². The molecule has 150 valence electrons. The van der Waals surface area contributed by atoms with Crippen LogP contribution in [0, 0.1) is 0 Å². The first-order valence-electron chi connectivity index (χ1n) is 9.77. The van der Waals surface area contributed by atoms with Crippen LogP contribution >= 0.6 is 24.0 Å². The fraction of sp³-hybridized carbons (Fsp3) is 0.429. The number of piperazine rings is 1. The maximum atomic E-state index is 6.03. The molecule has 0 radical (unpaired) electrons. The van der Waals surface area contributed by atoms with E-state index in [0.29, 0.717) is 6.54 Å². The van der Waals surface area contributed by atoms with Crippen molar-refractivity contribution in [1.82, 2.24) is 15.2 Å². The third kappa shape index (κ3) is 4.87. The van der Waals surface area contributed by atoms with Crippen molar-refractivity contribution >= 4 is 35.8 Å². The van der Waals surface area contributed by atoms with E-state index >= 15 is 0 Å². The molecule has 1 N–H and O–H groups in total. The lowest BCUT2D eigenvalue weighted by Crippen LogP contribution is -2.53. The molecule has 7 heteroatoms. The quantitative estimate of drug-likeness (QED) is 0.404. The highest BCUT2D eigenvalue weighted by atomic mass is 127. The van der Waals surface area contributed by atoms with Crippen molar-refractivity contribution in [2.45, 2.75) is 19.4 Å². The lowest BCUT2D eigenvalue weighted by Gasteiger charge is -2.37. The molecule has 6 nitrogen and oxygen atoms in total. The van der Waals surface area contributed by atoms with Crippen molar-refractivity contribution in [3.8, 4) is 5.75 Å². The number of nitrogens with zero attached hydrogens (tertiary/aromatic N) is 4. The average molecular weight is 493 g/mol. The van der Waals surface area contributed by atoms with Gasteiger partial charge in [0, 0.05) is 45.3 Å². The molecule has 2 aromatic rings. The van der Waals surface area contributed by atoms with Gasteiger partial charge in [-0.2, -0.15) is 0 Å². The zero-order chi connectivity index (χ0) is 18.5. The van der Waals surface area contributed by atoms with Gasteiger partial charge in [-0.3, -0.25) is 0 Å². The number of halogens is 1. The van der Waals surface area contributed by atoms with Crippen LogP contribution < -0.4 is 15.0 Å². The van der Waals surface area contributed by atoms with E-state index in [1.165, 1.54) is 5.56 Å². The summed E-state index contributed by atoms with van der Waals surface area (Å²) in [5.74, 6) is 3.04. The predicted molar refractivity (Wildman–Crippen MR) is 124 cm³/mol. The van der Waals surface area contributed by atoms with Crippen LogP contribution in [0.3, 0.4) is 0 Å². The highest BCUT2D eigenvalue weighted by Gasteiger charge is 2.24. The second kappa shape index (κ2) is 9.95. The van der Waals surface area contributed by atoms with Crippen molar-refractivity contribution in [3.63, 3.8) is 0 Å². The van der Waals surface area contributed by atoms with Crippen LogP contribution in [0.1, 0.15) is 12.5 Å². The number of pyridine rings is 1. The Morgan fingerprint density at radius 1 is 1.14 bits per heavy atom. The molecule has 0 bridgehead atoms. The second-order valence-corrected chi connectivity index (χ2v) is 6.91. The Bertz CT molecular complexity index is 752. The fourth-order valence-corrected chi connectivity index (χ4v) is 3.66. The van der Waals surface area contributed by atoms with E-state index in [1.54, 1.807) is 0 Å². The van der Waals surface area contributed by atoms with Crippen molar-refractivity contribution < 1.29 is 4.74 Å². The number of hydrogen-bond acceptors (Lipinski definition) is 4. The monoisotopic (exact) mass is 493 g/mol. The summed E-state index contributed by atoms with van der Waals surface area (Å²) in [5, 5.41) is 3.44. The molecule has 1 aromatic heterocycles. The average Bonchev–Trinajstić information content (AvgIpc) is 3.15. The smallest absolute Gasteiger partial charge is 0.194 e. The molecule has 3 heterocycles. The standard InChI is InChI=1S/C21H27N5O.HI/c1-2-22-21(24-16-18-15-17-7-3-4-8-19(17)27-18)26-13-11-25(12-14-26)20-9-5-6-10-23-20;/h3-10,18H,2,11-16H2,1H3,(H,22,24);1H. The van der Waals surface area contributed by atoms with Crippen LogP contribution in [-0.4, -0.2) is 61.2 Å². The molecule has 4 rings (SSSR count). The Morgan fingerprint density at radius 3 is 2.64 bits per heavy atom. The van der Waals surface area contributed by atoms with Gasteiger partial charge in [-0.25, -0.2) is 9.98 Å². The highest BCUT2D eigenvalue weighted by Crippen LogP contribution is 2.28. The Hall–Kier alpha value is -2.03. The van der Waals surface area contributed by atoms with E-state index in [1.807, 2.05) is 30.5 Å². The third-order valence-corrected chi connectivity index (χ3v) is 5.05. The Labute approximate surface area is 184 Å². The predicted octanol–water partition coefficient (Wildman–Crippen LogP) is 2.79. The summed E-state index contributed by atoms with van der Waals surface area (Å²) in [7, 11) is 0. The minimum Gasteiger partial charge on any atom is -0.488 e. The van der Waals surface area contributed by atoms with Gasteiger partial charge in [-0.1, -0.05) is 24.3 Å². The van der Waals surface area contributed by atoms with Gasteiger partial charge in [0.1, 0.15) is 17.7 Å². The van der Waals surface area contributed by atoms with Crippen LogP contribution in [0.5, 0.6) is 5.75 Å². The number of fused-ring (bicyclic) bond motifs is 1. The summed E-state index contributed by atoms with van der Waals surface area (Å²) >= 11 is 0. The number of nitrogens with one attached hydrogen (secondary N) is 1. The molecule has 1 fully saturated rings. The minimum absolute atomic E-state index is 0. The zero-order valence-electron chi connectivity index (χ0n) is 16.3. The molecule has 0 spiro atoms. The largest absolute Gasteiger partial charge is 0.488 e. The van der Waals surface area contributed by atoms with Gasteiger partial charge in [0.2, 0.25) is 0 Å². The molecule has 0 aliphatic carbocycles. The second-order valence-electron chi connectivity index (χ2n) is 6.91. The van der Waals surface area contributed by atoms with Gasteiger partial charge >= 0.3 is 0 Å². The first kappa shape index (κ1) is 20.7. The molecule has 28 heavy (non-hydrogen) atoms. The summed E-state index contributed by atoms with van der Waals surface area (Å²) in [6.45, 7) is 7.44. The van der Waals surface area contributed by atoms with E-state index in [2.05, 4.69) is 45.2 Å².